The molecule has 1 aliphatic rings. The topological polar surface area (TPSA) is 6.48 Å². The molecule has 0 unspecified atom stereocenters. The molecule has 88 valence electrons. The van der Waals surface area contributed by atoms with Crippen LogP contribution in [0, 0.1) is 5.82 Å². The highest BCUT2D eigenvalue weighted by molar-refractivity contribution is 7.98. The molecule has 0 saturated carbocycles. The van der Waals surface area contributed by atoms with Crippen LogP contribution in [0.2, 0.25) is 0 Å². The van der Waals surface area contributed by atoms with E-state index in [-0.39, 0.29) is 5.82 Å². The lowest BCUT2D eigenvalue weighted by Gasteiger charge is -2.35. The van der Waals surface area contributed by atoms with Crippen molar-refractivity contribution in [3.8, 4) is 0 Å². The average molecular weight is 240 g/mol. The second-order valence-electron chi connectivity index (χ2n) is 4.08. The van der Waals surface area contributed by atoms with Crippen LogP contribution < -0.4 is 4.90 Å². The van der Waals surface area contributed by atoms with Crippen molar-refractivity contribution < 1.29 is 4.39 Å². The Hall–Kier alpha value is -0.740. The van der Waals surface area contributed by atoms with Gasteiger partial charge in [0.05, 0.1) is 10.6 Å². The number of benzene rings is 1. The quantitative estimate of drug-likeness (QED) is 0.732. The van der Waals surface area contributed by atoms with Crippen LogP contribution in [0.4, 0.5) is 10.1 Å². The number of hydrogen-bond donors (Lipinski definition) is 0. The van der Waals surface area contributed by atoms with Gasteiger partial charge in [0.25, 0.3) is 0 Å². The lowest BCUT2D eigenvalue weighted by molar-refractivity contribution is 0.312. The number of hydrogen-bond acceptors (Lipinski definition) is 3. The first-order valence-corrected chi connectivity index (χ1v) is 6.71. The van der Waals surface area contributed by atoms with E-state index in [1.165, 1.54) is 17.8 Å². The molecule has 1 saturated heterocycles. The van der Waals surface area contributed by atoms with Gasteiger partial charge in [-0.15, -0.1) is 11.8 Å². The fourth-order valence-electron chi connectivity index (χ4n) is 2.00. The van der Waals surface area contributed by atoms with Crippen molar-refractivity contribution in [1.29, 1.82) is 0 Å². The Morgan fingerprint density at radius 1 is 1.19 bits per heavy atom. The van der Waals surface area contributed by atoms with Gasteiger partial charge in [0, 0.05) is 26.2 Å². The predicted molar refractivity (Wildman–Crippen MR) is 67.9 cm³/mol. The number of rotatable bonds is 2. The molecule has 1 aromatic carbocycles. The van der Waals surface area contributed by atoms with Gasteiger partial charge < -0.3 is 9.80 Å². The number of anilines is 1. The van der Waals surface area contributed by atoms with Gasteiger partial charge in [-0.2, -0.15) is 0 Å². The summed E-state index contributed by atoms with van der Waals surface area (Å²) < 4.78 is 13.6. The second kappa shape index (κ2) is 5.06. The molecule has 0 bridgehead atoms. The third-order valence-electron chi connectivity index (χ3n) is 2.99. The maximum atomic E-state index is 13.6. The van der Waals surface area contributed by atoms with Crippen LogP contribution in [-0.4, -0.2) is 44.4 Å². The van der Waals surface area contributed by atoms with Gasteiger partial charge in [0.15, 0.2) is 0 Å². The molecule has 1 aliphatic heterocycles. The van der Waals surface area contributed by atoms with E-state index < -0.39 is 0 Å². The van der Waals surface area contributed by atoms with Crippen molar-refractivity contribution >= 4 is 17.4 Å². The van der Waals surface area contributed by atoms with Gasteiger partial charge in [-0.1, -0.05) is 6.07 Å². The van der Waals surface area contributed by atoms with E-state index in [4.69, 9.17) is 0 Å². The minimum atomic E-state index is -0.107. The number of nitrogens with zero attached hydrogens (tertiary/aromatic N) is 2. The first-order valence-electron chi connectivity index (χ1n) is 5.48. The number of piperazine rings is 1. The average Bonchev–Trinajstić information content (AvgIpc) is 2.30. The van der Waals surface area contributed by atoms with Crippen molar-refractivity contribution in [2.75, 3.05) is 44.4 Å². The van der Waals surface area contributed by atoms with E-state index in [0.717, 1.165) is 36.8 Å². The summed E-state index contributed by atoms with van der Waals surface area (Å²) >= 11 is 1.49. The van der Waals surface area contributed by atoms with Crippen LogP contribution in [0.15, 0.2) is 23.1 Å². The normalized spacial score (nSPS) is 17.8. The summed E-state index contributed by atoms with van der Waals surface area (Å²) in [6.07, 6.45) is 1.93. The van der Waals surface area contributed by atoms with E-state index in [2.05, 4.69) is 16.8 Å². The van der Waals surface area contributed by atoms with Gasteiger partial charge in [-0.3, -0.25) is 0 Å². The molecule has 1 heterocycles. The zero-order valence-electron chi connectivity index (χ0n) is 9.74. The lowest BCUT2D eigenvalue weighted by atomic mass is 10.2. The molecule has 0 atom stereocenters. The molecule has 0 aromatic heterocycles. The van der Waals surface area contributed by atoms with Crippen molar-refractivity contribution in [1.82, 2.24) is 4.90 Å². The molecule has 0 aliphatic carbocycles. The monoisotopic (exact) mass is 240 g/mol. The van der Waals surface area contributed by atoms with Crippen LogP contribution in [0.5, 0.6) is 0 Å². The predicted octanol–water partition coefficient (Wildman–Crippen LogP) is 2.30. The van der Waals surface area contributed by atoms with Crippen molar-refractivity contribution in [2.24, 2.45) is 0 Å². The molecule has 1 aromatic rings. The Bertz CT molecular complexity index is 362. The Kier molecular flexibility index (Phi) is 3.71. The molecule has 0 N–H and O–H groups in total. The van der Waals surface area contributed by atoms with E-state index in [1.54, 1.807) is 6.07 Å². The van der Waals surface area contributed by atoms with Crippen LogP contribution in [0.3, 0.4) is 0 Å². The zero-order chi connectivity index (χ0) is 11.5. The van der Waals surface area contributed by atoms with Gasteiger partial charge in [0.1, 0.15) is 5.82 Å². The first kappa shape index (κ1) is 11.7. The zero-order valence-corrected chi connectivity index (χ0v) is 10.6. The third kappa shape index (κ3) is 2.33. The Labute approximate surface area is 100 Å². The Morgan fingerprint density at radius 2 is 1.88 bits per heavy atom. The van der Waals surface area contributed by atoms with E-state index in [9.17, 15) is 4.39 Å². The number of halogens is 1. The van der Waals surface area contributed by atoms with E-state index in [0.29, 0.717) is 0 Å². The molecule has 1 fully saturated rings. The van der Waals surface area contributed by atoms with Crippen molar-refractivity contribution in [3.63, 3.8) is 0 Å². The van der Waals surface area contributed by atoms with Crippen LogP contribution in [0.25, 0.3) is 0 Å². The lowest BCUT2D eigenvalue weighted by Crippen LogP contribution is -2.44. The van der Waals surface area contributed by atoms with Gasteiger partial charge in [0.2, 0.25) is 0 Å². The summed E-state index contributed by atoms with van der Waals surface area (Å²) in [6.45, 7) is 4.05. The van der Waals surface area contributed by atoms with Crippen LogP contribution >= 0.6 is 11.8 Å². The van der Waals surface area contributed by atoms with Crippen LogP contribution in [-0.2, 0) is 0 Å². The minimum absolute atomic E-state index is 0.107. The third-order valence-corrected chi connectivity index (χ3v) is 3.81. The highest BCUT2D eigenvalue weighted by Crippen LogP contribution is 2.31. The summed E-state index contributed by atoms with van der Waals surface area (Å²) in [5, 5.41) is 0. The van der Waals surface area contributed by atoms with E-state index in [1.807, 2.05) is 12.3 Å². The standard InChI is InChI=1S/C12H17FN2S/c1-14-6-8-15(9-7-14)11-5-3-4-10(13)12(11)16-2/h3-5H,6-9H2,1-2H3. The molecule has 16 heavy (non-hydrogen) atoms. The molecule has 4 heteroatoms. The highest BCUT2D eigenvalue weighted by atomic mass is 32.2. The molecule has 0 spiro atoms. The van der Waals surface area contributed by atoms with Gasteiger partial charge >= 0.3 is 0 Å². The van der Waals surface area contributed by atoms with Crippen molar-refractivity contribution in [3.05, 3.63) is 24.0 Å². The van der Waals surface area contributed by atoms with Gasteiger partial charge in [-0.25, -0.2) is 4.39 Å². The maximum absolute atomic E-state index is 13.6. The molecular weight excluding hydrogens is 223 g/mol. The minimum Gasteiger partial charge on any atom is -0.368 e. The van der Waals surface area contributed by atoms with Crippen molar-refractivity contribution in [2.45, 2.75) is 4.90 Å². The SMILES string of the molecule is CSc1c(F)cccc1N1CCN(C)CC1. The number of thioether (sulfide) groups is 1. The first-order chi connectivity index (χ1) is 7.72. The maximum Gasteiger partial charge on any atom is 0.138 e. The Morgan fingerprint density at radius 3 is 2.50 bits per heavy atom. The van der Waals surface area contributed by atoms with Crippen LogP contribution in [0.1, 0.15) is 0 Å². The summed E-state index contributed by atoms with van der Waals surface area (Å²) in [6, 6.07) is 5.34. The second-order valence-corrected chi connectivity index (χ2v) is 4.90. The van der Waals surface area contributed by atoms with Gasteiger partial charge in [-0.05, 0) is 25.4 Å². The molecule has 2 nitrogen and oxygen atoms in total. The number of likely N-dealkylation sites (N-methyl/N-ethyl adjacent to an activating group) is 1. The molecule has 0 amide bonds. The smallest absolute Gasteiger partial charge is 0.138 e. The highest BCUT2D eigenvalue weighted by Gasteiger charge is 2.18. The van der Waals surface area contributed by atoms with E-state index >= 15 is 0 Å². The fraction of sp³-hybridized carbons (Fsp3) is 0.500. The summed E-state index contributed by atoms with van der Waals surface area (Å²) in [5.41, 5.74) is 1.04. The molecule has 2 rings (SSSR count). The molecular formula is C12H17FN2S. The summed E-state index contributed by atoms with van der Waals surface area (Å²) in [5.74, 6) is -0.107. The summed E-state index contributed by atoms with van der Waals surface area (Å²) in [7, 11) is 2.12. The fourth-order valence-corrected chi connectivity index (χ4v) is 2.67. The Balaban J connectivity index is 2.23. The molecule has 0 radical (unpaired) electrons. The largest absolute Gasteiger partial charge is 0.368 e. The summed E-state index contributed by atoms with van der Waals surface area (Å²) in [4.78, 5) is 5.34.